The van der Waals surface area contributed by atoms with Crippen LogP contribution in [0.5, 0.6) is 5.75 Å². The molecule has 0 atom stereocenters. The van der Waals surface area contributed by atoms with Crippen LogP contribution in [-0.4, -0.2) is 12.5 Å². The molecule has 132 valence electrons. The summed E-state index contributed by atoms with van der Waals surface area (Å²) in [5, 5.41) is 12.4. The highest BCUT2D eigenvalue weighted by Gasteiger charge is 2.24. The van der Waals surface area contributed by atoms with Crippen LogP contribution >= 0.6 is 0 Å². The zero-order valence-electron chi connectivity index (χ0n) is 15.1. The number of fused-ring (bicyclic) bond motifs is 1. The van der Waals surface area contributed by atoms with Crippen molar-refractivity contribution in [1.82, 2.24) is 5.32 Å². The van der Waals surface area contributed by atoms with Crippen LogP contribution in [0, 0.1) is 11.3 Å². The third-order valence-corrected chi connectivity index (χ3v) is 4.70. The van der Waals surface area contributed by atoms with Crippen LogP contribution in [0.25, 0.3) is 11.1 Å². The van der Waals surface area contributed by atoms with Gasteiger partial charge in [-0.15, -0.1) is 0 Å². The first-order valence-corrected chi connectivity index (χ1v) is 8.77. The predicted octanol–water partition coefficient (Wildman–Crippen LogP) is 4.09. The van der Waals surface area contributed by atoms with Gasteiger partial charge in [-0.05, 0) is 34.8 Å². The number of nitrogens with one attached hydrogen (secondary N) is 1. The lowest BCUT2D eigenvalue weighted by Gasteiger charge is -2.15. The SMILES string of the molecule is C=CC(=O)NCc1cc(-c2ccc(C(C)C)cc2)c2c(c1C#N)CCO2. The fourth-order valence-electron chi connectivity index (χ4n) is 3.24. The summed E-state index contributed by atoms with van der Waals surface area (Å²) in [7, 11) is 0. The van der Waals surface area contributed by atoms with E-state index in [2.05, 4.69) is 56.1 Å². The summed E-state index contributed by atoms with van der Waals surface area (Å²) in [6.07, 6.45) is 1.94. The molecule has 0 fully saturated rings. The number of rotatable bonds is 5. The second kappa shape index (κ2) is 7.45. The van der Waals surface area contributed by atoms with Crippen LogP contribution in [0.2, 0.25) is 0 Å². The maximum Gasteiger partial charge on any atom is 0.243 e. The summed E-state index contributed by atoms with van der Waals surface area (Å²) < 4.78 is 5.85. The molecule has 0 unspecified atom stereocenters. The van der Waals surface area contributed by atoms with E-state index in [1.807, 2.05) is 6.07 Å². The second-order valence-electron chi connectivity index (χ2n) is 6.67. The zero-order valence-corrected chi connectivity index (χ0v) is 15.1. The number of carbonyl (C=O) groups is 1. The van der Waals surface area contributed by atoms with Gasteiger partial charge in [-0.3, -0.25) is 4.79 Å². The smallest absolute Gasteiger partial charge is 0.243 e. The lowest BCUT2D eigenvalue weighted by molar-refractivity contribution is -0.116. The van der Waals surface area contributed by atoms with Gasteiger partial charge in [0.25, 0.3) is 0 Å². The van der Waals surface area contributed by atoms with E-state index in [0.29, 0.717) is 24.5 Å². The number of nitrogens with zero attached hydrogens (tertiary/aromatic N) is 1. The number of carbonyl (C=O) groups excluding carboxylic acids is 1. The van der Waals surface area contributed by atoms with Crippen molar-refractivity contribution in [3.05, 3.63) is 65.2 Å². The number of hydrogen-bond donors (Lipinski definition) is 1. The van der Waals surface area contributed by atoms with Crippen molar-refractivity contribution >= 4 is 5.91 Å². The molecule has 0 spiro atoms. The first-order chi connectivity index (χ1) is 12.5. The third-order valence-electron chi connectivity index (χ3n) is 4.70. The van der Waals surface area contributed by atoms with Crippen LogP contribution in [0.1, 0.15) is 42.0 Å². The Bertz CT molecular complexity index is 890. The zero-order chi connectivity index (χ0) is 18.7. The molecule has 0 saturated heterocycles. The molecule has 4 nitrogen and oxygen atoms in total. The van der Waals surface area contributed by atoms with Gasteiger partial charge in [0.2, 0.25) is 5.91 Å². The highest BCUT2D eigenvalue weighted by atomic mass is 16.5. The Morgan fingerprint density at radius 2 is 2.12 bits per heavy atom. The van der Waals surface area contributed by atoms with E-state index in [9.17, 15) is 10.1 Å². The van der Waals surface area contributed by atoms with Gasteiger partial charge in [-0.1, -0.05) is 44.7 Å². The summed E-state index contributed by atoms with van der Waals surface area (Å²) in [6.45, 7) is 8.66. The highest BCUT2D eigenvalue weighted by molar-refractivity contribution is 5.87. The Kier molecular flexibility index (Phi) is 5.09. The monoisotopic (exact) mass is 346 g/mol. The van der Waals surface area contributed by atoms with Crippen LogP contribution in [0.3, 0.4) is 0 Å². The summed E-state index contributed by atoms with van der Waals surface area (Å²) in [6, 6.07) is 12.7. The maximum atomic E-state index is 11.5. The quantitative estimate of drug-likeness (QED) is 0.830. The number of ether oxygens (including phenoxy) is 1. The highest BCUT2D eigenvalue weighted by Crippen LogP contribution is 2.40. The molecule has 2 aromatic rings. The van der Waals surface area contributed by atoms with Crippen LogP contribution < -0.4 is 10.1 Å². The van der Waals surface area contributed by atoms with Crippen molar-refractivity contribution in [2.45, 2.75) is 32.7 Å². The predicted molar refractivity (Wildman–Crippen MR) is 102 cm³/mol. The van der Waals surface area contributed by atoms with Gasteiger partial charge < -0.3 is 10.1 Å². The lowest BCUT2D eigenvalue weighted by Crippen LogP contribution is -2.20. The van der Waals surface area contributed by atoms with Crippen LogP contribution in [-0.2, 0) is 17.8 Å². The minimum absolute atomic E-state index is 0.256. The summed E-state index contributed by atoms with van der Waals surface area (Å²) in [4.78, 5) is 11.5. The fraction of sp³-hybridized carbons (Fsp3) is 0.273. The molecule has 26 heavy (non-hydrogen) atoms. The Morgan fingerprint density at radius 3 is 2.73 bits per heavy atom. The number of nitriles is 1. The molecule has 4 heteroatoms. The fourth-order valence-corrected chi connectivity index (χ4v) is 3.24. The molecule has 1 heterocycles. The van der Waals surface area contributed by atoms with Crippen molar-refractivity contribution in [1.29, 1.82) is 5.26 Å². The molecular formula is C22H22N2O2. The average Bonchev–Trinajstić information content (AvgIpc) is 3.14. The molecule has 1 aliphatic rings. The normalized spacial score (nSPS) is 12.2. The minimum Gasteiger partial charge on any atom is -0.492 e. The van der Waals surface area contributed by atoms with Crippen molar-refractivity contribution in [3.63, 3.8) is 0 Å². The van der Waals surface area contributed by atoms with E-state index in [-0.39, 0.29) is 12.5 Å². The van der Waals surface area contributed by atoms with Gasteiger partial charge in [-0.2, -0.15) is 5.26 Å². The number of benzene rings is 2. The molecular weight excluding hydrogens is 324 g/mol. The Hall–Kier alpha value is -3.06. The van der Waals surface area contributed by atoms with E-state index in [1.165, 1.54) is 11.6 Å². The van der Waals surface area contributed by atoms with Gasteiger partial charge in [0.15, 0.2) is 0 Å². The van der Waals surface area contributed by atoms with Crippen LogP contribution in [0.4, 0.5) is 0 Å². The van der Waals surface area contributed by atoms with Crippen molar-refractivity contribution in [2.75, 3.05) is 6.61 Å². The third kappa shape index (κ3) is 3.34. The molecule has 2 aromatic carbocycles. The van der Waals surface area contributed by atoms with E-state index in [1.54, 1.807) is 0 Å². The standard InChI is InChI=1S/C22H22N2O2/c1-4-21(25)24-13-17-11-19(16-7-5-15(6-8-16)14(2)3)22-18(9-10-26-22)20(17)12-23/h4-8,11,14H,1,9-10,13H2,2-3H3,(H,24,25). The van der Waals surface area contributed by atoms with Crippen molar-refractivity contribution in [2.24, 2.45) is 0 Å². The van der Waals surface area contributed by atoms with Crippen molar-refractivity contribution in [3.8, 4) is 22.9 Å². The number of hydrogen-bond acceptors (Lipinski definition) is 3. The topological polar surface area (TPSA) is 62.1 Å². The van der Waals surface area contributed by atoms with Crippen molar-refractivity contribution < 1.29 is 9.53 Å². The molecule has 0 saturated carbocycles. The van der Waals surface area contributed by atoms with E-state index in [4.69, 9.17) is 4.74 Å². The van der Waals surface area contributed by atoms with Gasteiger partial charge in [-0.25, -0.2) is 0 Å². The molecule has 0 bridgehead atoms. The molecule has 1 N–H and O–H groups in total. The van der Waals surface area contributed by atoms with Crippen LogP contribution in [0.15, 0.2) is 43.0 Å². The Balaban J connectivity index is 2.07. The molecule has 3 rings (SSSR count). The van der Waals surface area contributed by atoms with Gasteiger partial charge in [0.05, 0.1) is 18.2 Å². The van der Waals surface area contributed by atoms with E-state index in [0.717, 1.165) is 28.0 Å². The molecule has 0 aromatic heterocycles. The van der Waals surface area contributed by atoms with E-state index >= 15 is 0 Å². The average molecular weight is 346 g/mol. The lowest BCUT2D eigenvalue weighted by atomic mass is 9.92. The minimum atomic E-state index is -0.256. The summed E-state index contributed by atoms with van der Waals surface area (Å²) in [5.41, 5.74) is 5.63. The summed E-state index contributed by atoms with van der Waals surface area (Å²) in [5.74, 6) is 1.00. The molecule has 0 radical (unpaired) electrons. The Labute approximate surface area is 154 Å². The molecule has 0 aliphatic carbocycles. The second-order valence-corrected chi connectivity index (χ2v) is 6.67. The number of amides is 1. The van der Waals surface area contributed by atoms with Gasteiger partial charge in [0, 0.05) is 24.1 Å². The van der Waals surface area contributed by atoms with Gasteiger partial charge in [0.1, 0.15) is 5.75 Å². The Morgan fingerprint density at radius 1 is 1.38 bits per heavy atom. The van der Waals surface area contributed by atoms with Gasteiger partial charge >= 0.3 is 0 Å². The maximum absolute atomic E-state index is 11.5. The molecule has 1 aliphatic heterocycles. The molecule has 1 amide bonds. The summed E-state index contributed by atoms with van der Waals surface area (Å²) >= 11 is 0. The first kappa shape index (κ1) is 17.8. The first-order valence-electron chi connectivity index (χ1n) is 8.77. The largest absolute Gasteiger partial charge is 0.492 e. The van der Waals surface area contributed by atoms with E-state index < -0.39 is 0 Å².